The van der Waals surface area contributed by atoms with Crippen molar-refractivity contribution in [2.45, 2.75) is 25.3 Å². The highest BCUT2D eigenvalue weighted by atomic mass is 32.2. The molecule has 2 aromatic rings. The molecule has 2 saturated heterocycles. The Morgan fingerprint density at radius 1 is 1.08 bits per heavy atom. The maximum Gasteiger partial charge on any atom is 0.272 e. The topological polar surface area (TPSA) is 36.4 Å². The smallest absolute Gasteiger partial charge is 0.272 e. The Bertz CT molecular complexity index is 745. The van der Waals surface area contributed by atoms with E-state index in [1.165, 1.54) is 25.9 Å². The van der Waals surface area contributed by atoms with E-state index in [4.69, 9.17) is 0 Å². The van der Waals surface area contributed by atoms with E-state index < -0.39 is 0 Å². The number of fused-ring (bicyclic) bond motifs is 1. The van der Waals surface area contributed by atoms with Gasteiger partial charge in [-0.1, -0.05) is 24.3 Å². The summed E-state index contributed by atoms with van der Waals surface area (Å²) in [6, 6.07) is 12.2. The van der Waals surface area contributed by atoms with Gasteiger partial charge in [-0.25, -0.2) is 4.98 Å². The lowest BCUT2D eigenvalue weighted by Gasteiger charge is -2.32. The van der Waals surface area contributed by atoms with Gasteiger partial charge in [0.15, 0.2) is 0 Å². The van der Waals surface area contributed by atoms with Gasteiger partial charge in [-0.3, -0.25) is 4.79 Å². The minimum absolute atomic E-state index is 0.0949. The predicted octanol–water partition coefficient (Wildman–Crippen LogP) is 3.28. The zero-order valence-corrected chi connectivity index (χ0v) is 15.4. The van der Waals surface area contributed by atoms with Gasteiger partial charge in [0.25, 0.3) is 5.91 Å². The summed E-state index contributed by atoms with van der Waals surface area (Å²) in [5.41, 5.74) is 1.48. The number of rotatable bonds is 3. The Morgan fingerprint density at radius 3 is 2.80 bits per heavy atom. The quantitative estimate of drug-likeness (QED) is 0.847. The fourth-order valence-electron chi connectivity index (χ4n) is 3.84. The molecule has 1 aromatic carbocycles. The van der Waals surface area contributed by atoms with Gasteiger partial charge in [0.1, 0.15) is 5.69 Å². The van der Waals surface area contributed by atoms with Crippen LogP contribution in [0.5, 0.6) is 0 Å². The van der Waals surface area contributed by atoms with E-state index in [2.05, 4.69) is 14.8 Å². The number of aromatic nitrogens is 1. The van der Waals surface area contributed by atoms with Crippen LogP contribution in [0.15, 0.2) is 36.4 Å². The van der Waals surface area contributed by atoms with Crippen LogP contribution in [0.2, 0.25) is 0 Å². The molecule has 0 N–H and O–H groups in total. The van der Waals surface area contributed by atoms with Crippen molar-refractivity contribution in [1.29, 1.82) is 0 Å². The summed E-state index contributed by atoms with van der Waals surface area (Å²) in [6.45, 7) is 4.21. The minimum Gasteiger partial charge on any atom is -0.332 e. The highest BCUT2D eigenvalue weighted by Gasteiger charge is 2.29. The third-order valence-electron chi connectivity index (χ3n) is 5.18. The fourth-order valence-corrected chi connectivity index (χ4v) is 4.90. The van der Waals surface area contributed by atoms with E-state index in [0.29, 0.717) is 11.7 Å². The second-order valence-corrected chi connectivity index (χ2v) is 8.13. The number of likely N-dealkylation sites (tertiary alicyclic amines) is 1. The van der Waals surface area contributed by atoms with E-state index in [1.54, 1.807) is 0 Å². The molecular formula is C20H25N3OS. The molecular weight excluding hydrogens is 330 g/mol. The lowest BCUT2D eigenvalue weighted by Crippen LogP contribution is -2.47. The predicted molar refractivity (Wildman–Crippen MR) is 104 cm³/mol. The molecule has 3 heterocycles. The van der Waals surface area contributed by atoms with Gasteiger partial charge < -0.3 is 9.80 Å². The van der Waals surface area contributed by atoms with Crippen LogP contribution in [0.3, 0.4) is 0 Å². The molecule has 1 aromatic heterocycles. The molecule has 4 rings (SSSR count). The van der Waals surface area contributed by atoms with Gasteiger partial charge in [0.2, 0.25) is 0 Å². The summed E-state index contributed by atoms with van der Waals surface area (Å²) >= 11 is 1.99. The first-order valence-electron chi connectivity index (χ1n) is 9.28. The number of carbonyl (C=O) groups excluding carboxylic acids is 1. The summed E-state index contributed by atoms with van der Waals surface area (Å²) in [5, 5.41) is 1.08. The monoisotopic (exact) mass is 355 g/mol. The first-order valence-corrected chi connectivity index (χ1v) is 10.4. The lowest BCUT2D eigenvalue weighted by atomic mass is 10.1. The second kappa shape index (κ2) is 7.75. The van der Waals surface area contributed by atoms with Crippen molar-refractivity contribution in [2.75, 3.05) is 37.7 Å². The zero-order chi connectivity index (χ0) is 17.1. The van der Waals surface area contributed by atoms with Crippen molar-refractivity contribution in [3.8, 4) is 0 Å². The Hall–Kier alpha value is -1.59. The number of amides is 1. The largest absolute Gasteiger partial charge is 0.332 e. The minimum atomic E-state index is 0.0949. The number of nitrogens with zero attached hydrogens (tertiary/aromatic N) is 3. The number of para-hydroxylation sites is 1. The molecule has 1 atom stereocenters. The van der Waals surface area contributed by atoms with E-state index >= 15 is 0 Å². The van der Waals surface area contributed by atoms with Gasteiger partial charge in [0.05, 0.1) is 11.6 Å². The van der Waals surface area contributed by atoms with Gasteiger partial charge in [-0.2, -0.15) is 11.8 Å². The van der Waals surface area contributed by atoms with E-state index in [0.717, 1.165) is 41.9 Å². The molecule has 2 fully saturated rings. The van der Waals surface area contributed by atoms with Gasteiger partial charge >= 0.3 is 0 Å². The van der Waals surface area contributed by atoms with Crippen molar-refractivity contribution < 1.29 is 4.79 Å². The highest BCUT2D eigenvalue weighted by molar-refractivity contribution is 7.99. The normalized spacial score (nSPS) is 22.2. The molecule has 0 bridgehead atoms. The van der Waals surface area contributed by atoms with Gasteiger partial charge in [-0.05, 0) is 50.2 Å². The van der Waals surface area contributed by atoms with Crippen LogP contribution >= 0.6 is 11.8 Å². The third kappa shape index (κ3) is 3.82. The Morgan fingerprint density at radius 2 is 1.92 bits per heavy atom. The number of thioether (sulfide) groups is 1. The van der Waals surface area contributed by atoms with Crippen molar-refractivity contribution in [2.24, 2.45) is 0 Å². The molecule has 0 aliphatic carbocycles. The van der Waals surface area contributed by atoms with Crippen molar-refractivity contribution in [3.05, 3.63) is 42.1 Å². The number of hydrogen-bond donors (Lipinski definition) is 0. The van der Waals surface area contributed by atoms with E-state index in [-0.39, 0.29) is 5.91 Å². The molecule has 0 saturated carbocycles. The molecule has 1 unspecified atom stereocenters. The van der Waals surface area contributed by atoms with Crippen LogP contribution in [0.4, 0.5) is 0 Å². The fraction of sp³-hybridized carbons (Fsp3) is 0.500. The maximum absolute atomic E-state index is 13.2. The van der Waals surface area contributed by atoms with Gasteiger partial charge in [-0.15, -0.1) is 0 Å². The Labute approximate surface area is 153 Å². The molecule has 25 heavy (non-hydrogen) atoms. The Balaban J connectivity index is 1.57. The lowest BCUT2D eigenvalue weighted by molar-refractivity contribution is 0.0661. The van der Waals surface area contributed by atoms with Crippen LogP contribution in [-0.4, -0.2) is 64.4 Å². The van der Waals surface area contributed by atoms with Crippen molar-refractivity contribution in [1.82, 2.24) is 14.8 Å². The zero-order valence-electron chi connectivity index (χ0n) is 14.6. The van der Waals surface area contributed by atoms with Crippen LogP contribution in [-0.2, 0) is 0 Å². The van der Waals surface area contributed by atoms with Crippen molar-refractivity contribution >= 4 is 28.6 Å². The standard InChI is InChI=1S/C20H25N3OS/c24-20(19-9-8-16-6-1-2-7-18(16)21-19)23-12-5-13-25-15-17(23)14-22-10-3-4-11-22/h1-2,6-9,17H,3-5,10-15H2. The average molecular weight is 356 g/mol. The Kier molecular flexibility index (Phi) is 5.22. The van der Waals surface area contributed by atoms with E-state index in [1.807, 2.05) is 48.2 Å². The SMILES string of the molecule is O=C(c1ccc2ccccc2n1)N1CCCSCC1CN1CCCC1. The maximum atomic E-state index is 13.2. The number of benzene rings is 1. The average Bonchev–Trinajstić information content (AvgIpc) is 3.05. The summed E-state index contributed by atoms with van der Waals surface area (Å²) in [7, 11) is 0. The van der Waals surface area contributed by atoms with Crippen LogP contribution in [0, 0.1) is 0 Å². The second-order valence-electron chi connectivity index (χ2n) is 6.98. The van der Waals surface area contributed by atoms with Crippen LogP contribution in [0.1, 0.15) is 29.8 Å². The first-order chi connectivity index (χ1) is 12.3. The van der Waals surface area contributed by atoms with Crippen molar-refractivity contribution in [3.63, 3.8) is 0 Å². The first kappa shape index (κ1) is 16.9. The molecule has 0 radical (unpaired) electrons. The highest BCUT2D eigenvalue weighted by Crippen LogP contribution is 2.22. The van der Waals surface area contributed by atoms with E-state index in [9.17, 15) is 4.79 Å². The molecule has 4 nitrogen and oxygen atoms in total. The summed E-state index contributed by atoms with van der Waals surface area (Å²) in [5.74, 6) is 2.28. The number of pyridine rings is 1. The van der Waals surface area contributed by atoms with Crippen LogP contribution in [0.25, 0.3) is 10.9 Å². The molecule has 2 aliphatic heterocycles. The molecule has 1 amide bonds. The molecule has 2 aliphatic rings. The summed E-state index contributed by atoms with van der Waals surface area (Å²) < 4.78 is 0. The van der Waals surface area contributed by atoms with Crippen LogP contribution < -0.4 is 0 Å². The molecule has 5 heteroatoms. The third-order valence-corrected chi connectivity index (χ3v) is 6.38. The molecule has 0 spiro atoms. The molecule has 132 valence electrons. The number of carbonyl (C=O) groups is 1. The summed E-state index contributed by atoms with van der Waals surface area (Å²) in [4.78, 5) is 22.5. The number of hydrogen-bond acceptors (Lipinski definition) is 4. The summed E-state index contributed by atoms with van der Waals surface area (Å²) in [6.07, 6.45) is 3.65. The van der Waals surface area contributed by atoms with Gasteiger partial charge in [0, 0.05) is 24.2 Å².